The van der Waals surface area contributed by atoms with Crippen LogP contribution in [-0.4, -0.2) is 157 Å². The Morgan fingerprint density at radius 3 is 0.724 bits per heavy atom. The molecule has 4 aromatic rings. The second kappa shape index (κ2) is 19.6. The van der Waals surface area contributed by atoms with Crippen LogP contribution in [0.2, 0.25) is 0 Å². The SMILES string of the molecule is COc1nc(OC)nc(C2(C)CC[N+](C)(c3nc(OC)nc(OC)n3)CC2)n1.COc1nc(OC)nc(C2(C)CC[N+](C)(c3nc(OC)nc(OC)n3)CC2)n1.[Cl-].[Cl-]. The fourth-order valence-corrected chi connectivity index (χ4v) is 6.38. The van der Waals surface area contributed by atoms with E-state index in [1.54, 1.807) is 0 Å². The summed E-state index contributed by atoms with van der Waals surface area (Å²) in [7, 11) is 16.4. The minimum Gasteiger partial charge on any atom is -1.00 e. The van der Waals surface area contributed by atoms with Crippen molar-refractivity contribution in [1.29, 1.82) is 0 Å². The van der Waals surface area contributed by atoms with Gasteiger partial charge in [-0.25, -0.2) is 0 Å². The van der Waals surface area contributed by atoms with Gasteiger partial charge >= 0.3 is 60.0 Å². The van der Waals surface area contributed by atoms with E-state index in [1.807, 2.05) is 0 Å². The zero-order valence-corrected chi connectivity index (χ0v) is 36.5. The largest absolute Gasteiger partial charge is 1.00 e. The van der Waals surface area contributed by atoms with Crippen molar-refractivity contribution in [3.8, 4) is 48.1 Å². The Bertz CT molecular complexity index is 1600. The molecule has 6 heterocycles. The third-order valence-electron chi connectivity index (χ3n) is 10.5. The molecule has 320 valence electrons. The molecule has 2 fully saturated rings. The maximum atomic E-state index is 5.19. The summed E-state index contributed by atoms with van der Waals surface area (Å²) in [5, 5.41) is 0. The molecule has 0 unspecified atom stereocenters. The summed E-state index contributed by atoms with van der Waals surface area (Å²) >= 11 is 0. The highest BCUT2D eigenvalue weighted by atomic mass is 35.5. The van der Waals surface area contributed by atoms with Crippen LogP contribution in [0, 0.1) is 0 Å². The lowest BCUT2D eigenvalue weighted by Crippen LogP contribution is -3.00. The van der Waals surface area contributed by atoms with E-state index < -0.39 is 0 Å². The van der Waals surface area contributed by atoms with Crippen molar-refractivity contribution in [3.63, 3.8) is 0 Å². The molecule has 6 rings (SSSR count). The second-order valence-corrected chi connectivity index (χ2v) is 14.3. The Morgan fingerprint density at radius 2 is 0.534 bits per heavy atom. The van der Waals surface area contributed by atoms with Crippen molar-refractivity contribution in [2.75, 3.05) is 97.2 Å². The van der Waals surface area contributed by atoms with E-state index in [-0.39, 0.29) is 83.7 Å². The highest BCUT2D eigenvalue weighted by molar-refractivity contribution is 5.31. The van der Waals surface area contributed by atoms with Gasteiger partial charge in [0.15, 0.2) is 0 Å². The van der Waals surface area contributed by atoms with Crippen LogP contribution in [0.15, 0.2) is 0 Å². The van der Waals surface area contributed by atoms with Crippen LogP contribution >= 0.6 is 0 Å². The molecule has 22 nitrogen and oxygen atoms in total. The van der Waals surface area contributed by atoms with Crippen LogP contribution < -0.4 is 71.7 Å². The van der Waals surface area contributed by atoms with E-state index in [0.29, 0.717) is 32.5 Å². The van der Waals surface area contributed by atoms with Gasteiger partial charge in [0.05, 0.1) is 97.2 Å². The fourth-order valence-electron chi connectivity index (χ4n) is 6.38. The molecule has 2 saturated heterocycles. The predicted molar refractivity (Wildman–Crippen MR) is 200 cm³/mol. The van der Waals surface area contributed by atoms with Gasteiger partial charge in [-0.2, -0.15) is 19.9 Å². The van der Waals surface area contributed by atoms with Gasteiger partial charge in [-0.3, -0.25) is 8.97 Å². The number of methoxy groups -OCH3 is 8. The Morgan fingerprint density at radius 1 is 0.345 bits per heavy atom. The number of likely N-dealkylation sites (tertiary alicyclic amines) is 2. The average molecular weight is 856 g/mol. The second-order valence-electron chi connectivity index (χ2n) is 14.3. The lowest BCUT2D eigenvalue weighted by atomic mass is 9.79. The van der Waals surface area contributed by atoms with E-state index in [4.69, 9.17) is 37.9 Å². The fraction of sp³-hybridized carbons (Fsp3) is 0.647. The summed E-state index contributed by atoms with van der Waals surface area (Å²) in [5.74, 6) is 2.54. The number of halogens is 2. The molecule has 0 aromatic carbocycles. The number of ether oxygens (including phenoxy) is 8. The van der Waals surface area contributed by atoms with Gasteiger partial charge in [-0.15, -0.1) is 39.9 Å². The first-order valence-electron chi connectivity index (χ1n) is 17.8. The van der Waals surface area contributed by atoms with E-state index >= 15 is 0 Å². The maximum Gasteiger partial charge on any atom is 0.338 e. The van der Waals surface area contributed by atoms with Crippen molar-refractivity contribution in [2.45, 2.75) is 50.4 Å². The number of quaternary nitrogens is 2. The van der Waals surface area contributed by atoms with Crippen molar-refractivity contribution in [2.24, 2.45) is 0 Å². The Labute approximate surface area is 349 Å². The molecule has 0 aliphatic carbocycles. The van der Waals surface area contributed by atoms with Crippen LogP contribution in [0.25, 0.3) is 0 Å². The Hall–Kier alpha value is -5.06. The van der Waals surface area contributed by atoms with Crippen LogP contribution in [-0.2, 0) is 10.8 Å². The summed E-state index contributed by atoms with van der Waals surface area (Å²) in [4.78, 5) is 51.9. The average Bonchev–Trinajstić information content (AvgIpc) is 3.25. The Kier molecular flexibility index (Phi) is 16.0. The van der Waals surface area contributed by atoms with Crippen LogP contribution in [0.4, 0.5) is 11.9 Å². The molecule has 0 bridgehead atoms. The summed E-state index contributed by atoms with van der Waals surface area (Å²) in [6.45, 7) is 7.40. The summed E-state index contributed by atoms with van der Waals surface area (Å²) in [5.41, 5.74) is -0.495. The van der Waals surface area contributed by atoms with E-state index in [2.05, 4.69) is 87.8 Å². The van der Waals surface area contributed by atoms with Gasteiger partial charge in [0.1, 0.15) is 11.6 Å². The number of piperidine rings is 2. The molecule has 0 amide bonds. The molecule has 0 spiro atoms. The van der Waals surface area contributed by atoms with Crippen molar-refractivity contribution in [1.82, 2.24) is 68.8 Å². The van der Waals surface area contributed by atoms with Gasteiger partial charge in [0.25, 0.3) is 0 Å². The molecule has 2 aliphatic heterocycles. The predicted octanol–water partition coefficient (Wildman–Crippen LogP) is -4.43. The van der Waals surface area contributed by atoms with Crippen molar-refractivity contribution in [3.05, 3.63) is 11.6 Å². The normalized spacial score (nSPS) is 23.7. The zero-order chi connectivity index (χ0) is 40.7. The van der Waals surface area contributed by atoms with Crippen molar-refractivity contribution < 1.29 is 62.7 Å². The molecule has 0 N–H and O–H groups in total. The number of nitrogens with zero attached hydrogens (tertiary/aromatic N) is 14. The Balaban J connectivity index is 0.000000300. The van der Waals surface area contributed by atoms with Gasteiger partial charge in [-0.1, -0.05) is 13.8 Å². The van der Waals surface area contributed by atoms with Crippen LogP contribution in [0.3, 0.4) is 0 Å². The highest BCUT2D eigenvalue weighted by Gasteiger charge is 2.45. The number of rotatable bonds is 12. The first kappa shape index (κ1) is 47.3. The molecule has 2 aliphatic rings. The number of hydrogen-bond acceptors (Lipinski definition) is 20. The van der Waals surface area contributed by atoms with E-state index in [0.717, 1.165) is 51.9 Å². The molecule has 0 radical (unpaired) electrons. The van der Waals surface area contributed by atoms with Crippen LogP contribution in [0.5, 0.6) is 48.1 Å². The molecule has 0 saturated carbocycles. The van der Waals surface area contributed by atoms with Crippen LogP contribution in [0.1, 0.15) is 51.2 Å². The quantitative estimate of drug-likeness (QED) is 0.123. The molecular weight excluding hydrogens is 803 g/mol. The number of aromatic nitrogens is 12. The number of hydrogen-bond donors (Lipinski definition) is 0. The topological polar surface area (TPSA) is 229 Å². The standard InChI is InChI=1S/2C17H26N7O4.2ClH/c2*1-17(11-18-13(25-3)22-14(19-11)26-4)7-9-24(2,10-8-17)12-20-15(27-5)23-16(21-12)28-6;;/h2*7-10H2,1-6H3;2*1H/q2*+1;;/p-2. The molecule has 4 aromatic heterocycles. The third kappa shape index (κ3) is 10.3. The zero-order valence-electron chi connectivity index (χ0n) is 34.9. The summed E-state index contributed by atoms with van der Waals surface area (Å²) in [6, 6.07) is 1.94. The molecule has 0 atom stereocenters. The third-order valence-corrected chi connectivity index (χ3v) is 10.5. The minimum absolute atomic E-state index is 0. The first-order valence-corrected chi connectivity index (χ1v) is 17.8. The summed E-state index contributed by atoms with van der Waals surface area (Å²) < 4.78 is 42.6. The summed E-state index contributed by atoms with van der Waals surface area (Å²) in [6.07, 6.45) is 3.26. The van der Waals surface area contributed by atoms with Gasteiger partial charge < -0.3 is 62.7 Å². The van der Waals surface area contributed by atoms with Gasteiger partial charge in [0, 0.05) is 36.5 Å². The van der Waals surface area contributed by atoms with Gasteiger partial charge in [-0.05, 0) is 0 Å². The molecule has 24 heteroatoms. The highest BCUT2D eigenvalue weighted by Crippen LogP contribution is 2.39. The lowest BCUT2D eigenvalue weighted by Gasteiger charge is -2.42. The monoisotopic (exact) mass is 854 g/mol. The van der Waals surface area contributed by atoms with Crippen molar-refractivity contribution >= 4 is 11.9 Å². The first-order chi connectivity index (χ1) is 26.7. The van der Waals surface area contributed by atoms with E-state index in [9.17, 15) is 0 Å². The van der Waals surface area contributed by atoms with Gasteiger partial charge in [0.2, 0.25) is 0 Å². The maximum absolute atomic E-state index is 5.19. The molecule has 58 heavy (non-hydrogen) atoms. The lowest BCUT2D eigenvalue weighted by molar-refractivity contribution is -0.00100. The van der Waals surface area contributed by atoms with E-state index in [1.165, 1.54) is 56.9 Å². The smallest absolute Gasteiger partial charge is 0.338 e. The minimum atomic E-state index is -0.248. The molecular formula is C34H52Cl2N14O8.